The van der Waals surface area contributed by atoms with Gasteiger partial charge in [0.1, 0.15) is 5.75 Å². The maximum absolute atomic E-state index is 6.17. The lowest BCUT2D eigenvalue weighted by Crippen LogP contribution is -2.61. The van der Waals surface area contributed by atoms with E-state index in [2.05, 4.69) is 58.6 Å². The van der Waals surface area contributed by atoms with Crippen LogP contribution in [0.2, 0.25) is 0 Å². The number of oxime groups is 1. The Bertz CT molecular complexity index is 904. The zero-order chi connectivity index (χ0) is 19.4. The highest BCUT2D eigenvalue weighted by Crippen LogP contribution is 2.60. The number of hydrogen-bond acceptors (Lipinski definition) is 4. The summed E-state index contributed by atoms with van der Waals surface area (Å²) in [6.45, 7) is 0. The van der Waals surface area contributed by atoms with Gasteiger partial charge in [-0.2, -0.15) is 0 Å². The third kappa shape index (κ3) is 2.76. The van der Waals surface area contributed by atoms with Crippen LogP contribution in [0, 0.1) is 17.8 Å². The van der Waals surface area contributed by atoms with E-state index in [0.29, 0.717) is 0 Å². The Morgan fingerprint density at radius 1 is 0.931 bits per heavy atom. The van der Waals surface area contributed by atoms with Crippen molar-refractivity contribution >= 4 is 5.84 Å². The molecule has 0 spiro atoms. The third-order valence-corrected chi connectivity index (χ3v) is 7.63. The van der Waals surface area contributed by atoms with Crippen molar-refractivity contribution in [3.8, 4) is 5.75 Å². The van der Waals surface area contributed by atoms with E-state index in [-0.39, 0.29) is 11.8 Å². The molecule has 2 aromatic carbocycles. The molecule has 0 amide bonds. The van der Waals surface area contributed by atoms with Crippen molar-refractivity contribution in [3.63, 3.8) is 0 Å². The van der Waals surface area contributed by atoms with E-state index in [4.69, 9.17) is 9.57 Å². The molecular weight excluding hydrogens is 360 g/mol. The number of nitrogens with zero attached hydrogens (tertiary/aromatic N) is 2. The Morgan fingerprint density at radius 3 is 2.28 bits per heavy atom. The summed E-state index contributed by atoms with van der Waals surface area (Å²) in [5.74, 6) is 4.46. The molecule has 150 valence electrons. The highest BCUT2D eigenvalue weighted by Gasteiger charge is 2.57. The summed E-state index contributed by atoms with van der Waals surface area (Å²) in [5, 5.41) is 4.66. The highest BCUT2D eigenvalue weighted by atomic mass is 16.7. The minimum atomic E-state index is -0.184. The van der Waals surface area contributed by atoms with Crippen LogP contribution in [-0.4, -0.2) is 23.4 Å². The molecule has 1 heterocycles. The van der Waals surface area contributed by atoms with Crippen molar-refractivity contribution in [2.75, 3.05) is 7.11 Å². The van der Waals surface area contributed by atoms with Gasteiger partial charge in [-0.05, 0) is 68.4 Å². The maximum Gasteiger partial charge on any atom is 0.227 e. The minimum absolute atomic E-state index is 0.160. The lowest BCUT2D eigenvalue weighted by Gasteiger charge is -2.60. The fourth-order valence-corrected chi connectivity index (χ4v) is 6.92. The van der Waals surface area contributed by atoms with E-state index in [1.165, 1.54) is 38.5 Å². The number of ether oxygens (including phenoxy) is 1. The SMILES string of the molecule is COc1cccc([C@@H]2ON=C(c3ccccc3)N2C23CC4CC(CC(C4)C2)C3)c1. The second-order valence-corrected chi connectivity index (χ2v) is 9.53. The molecule has 1 aliphatic heterocycles. The molecule has 2 aromatic rings. The molecule has 7 rings (SSSR count). The quantitative estimate of drug-likeness (QED) is 0.707. The number of rotatable bonds is 4. The normalized spacial score (nSPS) is 34.8. The smallest absolute Gasteiger partial charge is 0.227 e. The van der Waals surface area contributed by atoms with Crippen molar-refractivity contribution in [3.05, 3.63) is 65.7 Å². The van der Waals surface area contributed by atoms with E-state index < -0.39 is 0 Å². The molecule has 4 aliphatic carbocycles. The first-order chi connectivity index (χ1) is 14.2. The summed E-state index contributed by atoms with van der Waals surface area (Å²) in [5.41, 5.74) is 2.43. The van der Waals surface area contributed by atoms with Gasteiger partial charge in [0.15, 0.2) is 5.84 Å². The van der Waals surface area contributed by atoms with E-state index in [1.807, 2.05) is 6.07 Å². The van der Waals surface area contributed by atoms with Crippen LogP contribution in [0.4, 0.5) is 0 Å². The fraction of sp³-hybridized carbons (Fsp3) is 0.480. The van der Waals surface area contributed by atoms with Gasteiger partial charge < -0.3 is 14.5 Å². The van der Waals surface area contributed by atoms with Crippen molar-refractivity contribution in [2.45, 2.75) is 50.3 Å². The largest absolute Gasteiger partial charge is 0.497 e. The van der Waals surface area contributed by atoms with Gasteiger partial charge in [0, 0.05) is 16.7 Å². The molecule has 0 radical (unpaired) electrons. The summed E-state index contributed by atoms with van der Waals surface area (Å²) in [6.07, 6.45) is 7.91. The van der Waals surface area contributed by atoms with Crippen molar-refractivity contribution in [1.82, 2.24) is 4.90 Å². The number of methoxy groups -OCH3 is 1. The summed E-state index contributed by atoms with van der Waals surface area (Å²) < 4.78 is 5.50. The molecule has 4 heteroatoms. The average molecular weight is 389 g/mol. The Balaban J connectivity index is 1.45. The van der Waals surface area contributed by atoms with Gasteiger partial charge in [-0.3, -0.25) is 0 Å². The predicted molar refractivity (Wildman–Crippen MR) is 113 cm³/mol. The fourth-order valence-electron chi connectivity index (χ4n) is 6.92. The molecule has 29 heavy (non-hydrogen) atoms. The van der Waals surface area contributed by atoms with Gasteiger partial charge in [-0.1, -0.05) is 47.6 Å². The second-order valence-electron chi connectivity index (χ2n) is 9.53. The summed E-state index contributed by atoms with van der Waals surface area (Å²) in [6, 6.07) is 18.8. The van der Waals surface area contributed by atoms with Crippen LogP contribution in [0.5, 0.6) is 5.75 Å². The van der Waals surface area contributed by atoms with Gasteiger partial charge in [0.25, 0.3) is 0 Å². The monoisotopic (exact) mass is 388 g/mol. The van der Waals surface area contributed by atoms with Crippen molar-refractivity contribution in [1.29, 1.82) is 0 Å². The zero-order valence-electron chi connectivity index (χ0n) is 17.0. The second kappa shape index (κ2) is 6.51. The molecule has 4 saturated carbocycles. The Labute approximate surface area is 172 Å². The van der Waals surface area contributed by atoms with E-state index >= 15 is 0 Å². The molecular formula is C25H28N2O2. The van der Waals surface area contributed by atoms with Crippen LogP contribution >= 0.6 is 0 Å². The van der Waals surface area contributed by atoms with Crippen LogP contribution in [0.25, 0.3) is 0 Å². The topological polar surface area (TPSA) is 34.1 Å². The first kappa shape index (κ1) is 17.4. The van der Waals surface area contributed by atoms with Crippen LogP contribution < -0.4 is 4.74 Å². The van der Waals surface area contributed by atoms with E-state index in [0.717, 1.165) is 40.5 Å². The Kier molecular flexibility index (Phi) is 3.90. The first-order valence-electron chi connectivity index (χ1n) is 11.0. The van der Waals surface area contributed by atoms with Gasteiger partial charge >= 0.3 is 0 Å². The Hall–Kier alpha value is -2.49. The zero-order valence-corrected chi connectivity index (χ0v) is 17.0. The average Bonchev–Trinajstić information content (AvgIpc) is 3.20. The number of benzene rings is 2. The van der Waals surface area contributed by atoms with Crippen LogP contribution in [0.15, 0.2) is 59.8 Å². The van der Waals surface area contributed by atoms with Gasteiger partial charge in [0.2, 0.25) is 6.23 Å². The number of hydrogen-bond donors (Lipinski definition) is 0. The Morgan fingerprint density at radius 2 is 1.62 bits per heavy atom. The van der Waals surface area contributed by atoms with Crippen molar-refractivity contribution in [2.24, 2.45) is 22.9 Å². The molecule has 4 fully saturated rings. The molecule has 0 aromatic heterocycles. The van der Waals surface area contributed by atoms with Gasteiger partial charge in [0.05, 0.1) is 7.11 Å². The summed E-state index contributed by atoms with van der Waals surface area (Å²) >= 11 is 0. The van der Waals surface area contributed by atoms with Crippen molar-refractivity contribution < 1.29 is 9.57 Å². The van der Waals surface area contributed by atoms with Gasteiger partial charge in [-0.25, -0.2) is 0 Å². The highest BCUT2D eigenvalue weighted by molar-refractivity contribution is 5.99. The summed E-state index contributed by atoms with van der Waals surface area (Å²) in [4.78, 5) is 8.72. The number of amidine groups is 1. The van der Waals surface area contributed by atoms with Crippen LogP contribution in [-0.2, 0) is 4.84 Å². The molecule has 4 nitrogen and oxygen atoms in total. The maximum atomic E-state index is 6.17. The van der Waals surface area contributed by atoms with E-state index in [1.54, 1.807) is 7.11 Å². The summed E-state index contributed by atoms with van der Waals surface area (Å²) in [7, 11) is 1.72. The lowest BCUT2D eigenvalue weighted by atomic mass is 9.52. The predicted octanol–water partition coefficient (Wildman–Crippen LogP) is 5.36. The standard InChI is InChI=1S/C25H28N2O2/c1-28-22-9-5-8-21(13-22)24-27(23(26-29-24)20-6-3-2-4-7-20)25-14-17-10-18(15-25)12-19(11-17)16-25/h2-9,13,17-19,24H,10-12,14-16H2,1H3/t17?,18?,19?,24-,25?/m0/s1. The van der Waals surface area contributed by atoms with Crippen LogP contribution in [0.1, 0.15) is 55.9 Å². The molecule has 1 atom stereocenters. The minimum Gasteiger partial charge on any atom is -0.497 e. The van der Waals surface area contributed by atoms with E-state index in [9.17, 15) is 0 Å². The molecule has 5 aliphatic rings. The lowest BCUT2D eigenvalue weighted by molar-refractivity contribution is -0.116. The third-order valence-electron chi connectivity index (χ3n) is 7.63. The molecule has 0 N–H and O–H groups in total. The van der Waals surface area contributed by atoms with Crippen LogP contribution in [0.3, 0.4) is 0 Å². The van der Waals surface area contributed by atoms with Gasteiger partial charge in [-0.15, -0.1) is 0 Å². The molecule has 0 saturated heterocycles. The molecule has 0 unspecified atom stereocenters. The first-order valence-corrected chi connectivity index (χ1v) is 11.0. The molecule has 4 bridgehead atoms.